The normalized spacial score (nSPS) is 11.7. The van der Waals surface area contributed by atoms with E-state index >= 15 is 0 Å². The van der Waals surface area contributed by atoms with Crippen molar-refractivity contribution in [2.45, 2.75) is 19.9 Å². The molecule has 1 N–H and O–H groups in total. The Morgan fingerprint density at radius 1 is 1.06 bits per heavy atom. The molecule has 10 heteroatoms. The summed E-state index contributed by atoms with van der Waals surface area (Å²) in [7, 11) is 0. The van der Waals surface area contributed by atoms with E-state index in [1.165, 1.54) is 29.5 Å². The van der Waals surface area contributed by atoms with Crippen molar-refractivity contribution in [1.29, 1.82) is 0 Å². The second-order valence-electron chi connectivity index (χ2n) is 7.71. The van der Waals surface area contributed by atoms with E-state index in [1.54, 1.807) is 10.7 Å². The predicted molar refractivity (Wildman–Crippen MR) is 130 cm³/mol. The topological polar surface area (TPSA) is 102 Å². The first-order chi connectivity index (χ1) is 17.1. The molecule has 0 spiro atoms. The molecule has 0 saturated heterocycles. The van der Waals surface area contributed by atoms with E-state index in [2.05, 4.69) is 30.7 Å². The van der Waals surface area contributed by atoms with Crippen LogP contribution in [0.25, 0.3) is 22.5 Å². The fourth-order valence-electron chi connectivity index (χ4n) is 3.63. The first-order valence-corrected chi connectivity index (χ1v) is 11.8. The number of benzene rings is 3. The van der Waals surface area contributed by atoms with Gasteiger partial charge in [0.25, 0.3) is 5.91 Å². The Balaban J connectivity index is 1.43. The van der Waals surface area contributed by atoms with E-state index < -0.39 is 11.7 Å². The van der Waals surface area contributed by atoms with E-state index in [0.717, 1.165) is 33.7 Å². The molecule has 0 atom stereocenters. The fourth-order valence-corrected chi connectivity index (χ4v) is 4.47. The van der Waals surface area contributed by atoms with Gasteiger partial charge in [-0.1, -0.05) is 72.9 Å². The van der Waals surface area contributed by atoms with Gasteiger partial charge in [-0.25, -0.2) is 14.2 Å². The molecular formula is C25H20FN7OS. The van der Waals surface area contributed by atoms with Gasteiger partial charge in [0.15, 0.2) is 5.82 Å². The lowest BCUT2D eigenvalue weighted by Gasteiger charge is -2.08. The zero-order valence-corrected chi connectivity index (χ0v) is 19.5. The highest BCUT2D eigenvalue weighted by atomic mass is 32.1. The zero-order valence-electron chi connectivity index (χ0n) is 18.7. The summed E-state index contributed by atoms with van der Waals surface area (Å²) in [6.45, 7) is 2.44. The van der Waals surface area contributed by atoms with Crippen LogP contribution in [0.4, 0.5) is 4.39 Å². The van der Waals surface area contributed by atoms with Crippen molar-refractivity contribution < 1.29 is 9.18 Å². The summed E-state index contributed by atoms with van der Waals surface area (Å²) in [5, 5.41) is 19.7. The van der Waals surface area contributed by atoms with Crippen LogP contribution in [0.5, 0.6) is 0 Å². The van der Waals surface area contributed by atoms with Crippen molar-refractivity contribution in [3.8, 4) is 22.5 Å². The second kappa shape index (κ2) is 9.90. The van der Waals surface area contributed by atoms with Gasteiger partial charge in [-0.05, 0) is 51.7 Å². The van der Waals surface area contributed by atoms with Crippen LogP contribution in [-0.4, -0.2) is 36.3 Å². The van der Waals surface area contributed by atoms with Crippen molar-refractivity contribution >= 4 is 17.2 Å². The Bertz CT molecular complexity index is 1540. The summed E-state index contributed by atoms with van der Waals surface area (Å²) in [6, 6.07) is 21.5. The average Bonchev–Trinajstić information content (AvgIpc) is 3.55. The van der Waals surface area contributed by atoms with Gasteiger partial charge in [-0.3, -0.25) is 4.79 Å². The largest absolute Gasteiger partial charge is 0.279 e. The van der Waals surface area contributed by atoms with Crippen LogP contribution >= 0.6 is 11.3 Å². The van der Waals surface area contributed by atoms with Gasteiger partial charge in [0.05, 0.1) is 6.54 Å². The van der Waals surface area contributed by atoms with Gasteiger partial charge in [0, 0.05) is 11.1 Å². The van der Waals surface area contributed by atoms with Crippen molar-refractivity contribution in [3.05, 3.63) is 99.5 Å². The molecule has 0 radical (unpaired) electrons. The van der Waals surface area contributed by atoms with Crippen molar-refractivity contribution in [1.82, 2.24) is 30.4 Å². The molecule has 0 aliphatic carbocycles. The first kappa shape index (κ1) is 22.5. The number of hydrogen-bond donors (Lipinski definition) is 1. The molecule has 1 amide bonds. The number of carbonyl (C=O) groups excluding carboxylic acids is 1. The number of nitrogens with one attached hydrogen (secondary N) is 1. The molecule has 3 aromatic carbocycles. The Hall–Kier alpha value is -4.31. The van der Waals surface area contributed by atoms with Crippen molar-refractivity contribution in [2.75, 3.05) is 0 Å². The molecular weight excluding hydrogens is 465 g/mol. The summed E-state index contributed by atoms with van der Waals surface area (Å²) in [5.74, 6) is -0.374. The van der Waals surface area contributed by atoms with Gasteiger partial charge >= 0.3 is 0 Å². The summed E-state index contributed by atoms with van der Waals surface area (Å²) < 4.78 is 15.2. The molecule has 5 aromatic rings. The number of tetrazole rings is 1. The van der Waals surface area contributed by atoms with E-state index in [9.17, 15) is 9.18 Å². The van der Waals surface area contributed by atoms with Crippen LogP contribution in [0, 0.1) is 5.82 Å². The third kappa shape index (κ3) is 4.97. The summed E-state index contributed by atoms with van der Waals surface area (Å²) in [5.41, 5.74) is 4.13. The molecule has 0 bridgehead atoms. The summed E-state index contributed by atoms with van der Waals surface area (Å²) in [6.07, 6.45) is 0.723. The quantitative estimate of drug-likeness (QED) is 0.387. The summed E-state index contributed by atoms with van der Waals surface area (Å²) in [4.78, 5) is 17.3. The number of aryl methyl sites for hydroxylation is 1. The minimum Gasteiger partial charge on any atom is -0.267 e. The van der Waals surface area contributed by atoms with Gasteiger partial charge in [-0.15, -0.1) is 5.10 Å². The Morgan fingerprint density at radius 3 is 2.57 bits per heavy atom. The van der Waals surface area contributed by atoms with Gasteiger partial charge < -0.3 is 0 Å². The predicted octanol–water partition coefficient (Wildman–Crippen LogP) is 4.28. The third-order valence-electron chi connectivity index (χ3n) is 5.36. The van der Waals surface area contributed by atoms with E-state index in [4.69, 9.17) is 0 Å². The van der Waals surface area contributed by atoms with E-state index in [1.807, 2.05) is 55.5 Å². The molecule has 5 rings (SSSR count). The lowest BCUT2D eigenvalue weighted by Crippen LogP contribution is -2.19. The third-order valence-corrected chi connectivity index (χ3v) is 6.45. The first-order valence-electron chi connectivity index (χ1n) is 10.9. The second-order valence-corrected chi connectivity index (χ2v) is 8.75. The molecule has 0 aliphatic heterocycles. The smallest absolute Gasteiger partial charge is 0.267 e. The van der Waals surface area contributed by atoms with Crippen LogP contribution in [-0.2, 0) is 13.0 Å². The van der Waals surface area contributed by atoms with Crippen LogP contribution < -0.4 is 4.80 Å². The Morgan fingerprint density at radius 2 is 1.86 bits per heavy atom. The van der Waals surface area contributed by atoms with Crippen molar-refractivity contribution in [2.24, 2.45) is 4.99 Å². The number of rotatable bonds is 6. The Labute approximate surface area is 203 Å². The average molecular weight is 486 g/mol. The Kier molecular flexibility index (Phi) is 6.36. The van der Waals surface area contributed by atoms with Crippen LogP contribution in [0.3, 0.4) is 0 Å². The van der Waals surface area contributed by atoms with Crippen molar-refractivity contribution in [3.63, 3.8) is 0 Å². The minimum atomic E-state index is -0.501. The lowest BCUT2D eigenvalue weighted by atomic mass is 9.98. The number of hydrogen-bond acceptors (Lipinski definition) is 6. The number of aromatic amines is 1. The van der Waals surface area contributed by atoms with Gasteiger partial charge in [0.1, 0.15) is 10.8 Å². The monoisotopic (exact) mass is 485 g/mol. The van der Waals surface area contributed by atoms with E-state index in [-0.39, 0.29) is 5.56 Å². The van der Waals surface area contributed by atoms with Crippen LogP contribution in [0.2, 0.25) is 0 Å². The standard InChI is InChI=1S/C25H20FN7OS/c1-2-22-30-33(25(35-22)27-24(34)18-6-5-7-19(26)14-18)15-16-10-12-17(13-11-16)20-8-3-4-9-21(20)23-28-31-32-29-23/h3-14H,2,15H2,1H3,(H,28,29,31,32). The molecule has 0 aliphatic rings. The molecule has 35 heavy (non-hydrogen) atoms. The fraction of sp³-hybridized carbons (Fsp3) is 0.120. The number of H-pyrrole nitrogens is 1. The zero-order chi connectivity index (χ0) is 24.2. The van der Waals surface area contributed by atoms with Crippen LogP contribution in [0.15, 0.2) is 77.8 Å². The molecule has 174 valence electrons. The molecule has 2 aromatic heterocycles. The molecule has 2 heterocycles. The number of carbonyl (C=O) groups is 1. The van der Waals surface area contributed by atoms with Gasteiger partial charge in [0.2, 0.25) is 4.80 Å². The highest BCUT2D eigenvalue weighted by Gasteiger charge is 2.12. The maximum atomic E-state index is 13.5. The van der Waals surface area contributed by atoms with Crippen LogP contribution in [0.1, 0.15) is 27.9 Å². The minimum absolute atomic E-state index is 0.202. The van der Waals surface area contributed by atoms with E-state index in [0.29, 0.717) is 17.2 Å². The molecule has 0 saturated carbocycles. The number of halogens is 1. The number of amides is 1. The lowest BCUT2D eigenvalue weighted by molar-refractivity contribution is 0.0997. The maximum absolute atomic E-state index is 13.5. The maximum Gasteiger partial charge on any atom is 0.279 e. The highest BCUT2D eigenvalue weighted by Crippen LogP contribution is 2.29. The molecule has 0 unspecified atom stereocenters. The highest BCUT2D eigenvalue weighted by molar-refractivity contribution is 7.08. The molecule has 8 nitrogen and oxygen atoms in total. The SMILES string of the molecule is CCc1nn(Cc2ccc(-c3ccccc3-c3nnn[nH]3)cc2)c(=NC(=O)c2cccc(F)c2)s1. The number of nitrogens with zero attached hydrogens (tertiary/aromatic N) is 6. The van der Waals surface area contributed by atoms with Gasteiger partial charge in [-0.2, -0.15) is 10.1 Å². The summed E-state index contributed by atoms with van der Waals surface area (Å²) >= 11 is 1.35. The number of aromatic nitrogens is 6. The molecule has 0 fully saturated rings.